The van der Waals surface area contributed by atoms with Crippen LogP contribution in [-0.4, -0.2) is 64.3 Å². The summed E-state index contributed by atoms with van der Waals surface area (Å²) in [5.41, 5.74) is 1.83. The molecule has 4 rings (SSSR count). The number of fused-ring (bicyclic) bond motifs is 2. The van der Waals surface area contributed by atoms with Crippen LogP contribution in [0.15, 0.2) is 42.5 Å². The lowest BCUT2D eigenvalue weighted by Gasteiger charge is -2.40. The topological polar surface area (TPSA) is 107 Å². The van der Waals surface area contributed by atoms with Crippen molar-refractivity contribution in [3.63, 3.8) is 0 Å². The largest absolute Gasteiger partial charge is 0.481 e. The Morgan fingerprint density at radius 2 is 1.74 bits per heavy atom. The Morgan fingerprint density at radius 3 is 2.41 bits per heavy atom. The van der Waals surface area contributed by atoms with Crippen molar-refractivity contribution in [3.05, 3.63) is 53.1 Å². The number of anilines is 1. The number of piperazine rings is 1. The Bertz CT molecular complexity index is 1160. The smallest absolute Gasteiger partial charge is 0.303 e. The normalized spacial score (nSPS) is 18.0. The van der Waals surface area contributed by atoms with Gasteiger partial charge in [0.1, 0.15) is 6.04 Å². The van der Waals surface area contributed by atoms with Crippen molar-refractivity contribution in [1.82, 2.24) is 9.80 Å². The quantitative estimate of drug-likeness (QED) is 0.676. The molecule has 178 valence electrons. The van der Waals surface area contributed by atoms with E-state index in [0.29, 0.717) is 16.3 Å². The van der Waals surface area contributed by atoms with Crippen LogP contribution in [0.2, 0.25) is 5.02 Å². The zero-order valence-electron chi connectivity index (χ0n) is 19.0. The number of carbonyl (C=O) groups is 4. The van der Waals surface area contributed by atoms with Gasteiger partial charge in [0.25, 0.3) is 5.91 Å². The monoisotopic (exact) mass is 483 g/mol. The van der Waals surface area contributed by atoms with Gasteiger partial charge in [-0.3, -0.25) is 19.2 Å². The number of aliphatic carboxylic acids is 1. The lowest BCUT2D eigenvalue weighted by Crippen LogP contribution is -2.59. The summed E-state index contributed by atoms with van der Waals surface area (Å²) in [5, 5.41) is 12.5. The summed E-state index contributed by atoms with van der Waals surface area (Å²) in [6, 6.07) is 11.8. The van der Waals surface area contributed by atoms with Crippen LogP contribution >= 0.6 is 11.6 Å². The first-order chi connectivity index (χ1) is 16.0. The average Bonchev–Trinajstić information content (AvgIpc) is 2.87. The molecule has 34 heavy (non-hydrogen) atoms. The van der Waals surface area contributed by atoms with E-state index >= 15 is 0 Å². The maximum atomic E-state index is 13.4. The fourth-order valence-corrected chi connectivity index (χ4v) is 4.62. The molecule has 0 radical (unpaired) electrons. The van der Waals surface area contributed by atoms with Gasteiger partial charge in [0.2, 0.25) is 11.8 Å². The molecule has 0 bridgehead atoms. The van der Waals surface area contributed by atoms with E-state index in [1.807, 2.05) is 18.2 Å². The van der Waals surface area contributed by atoms with Crippen LogP contribution in [0.3, 0.4) is 0 Å². The van der Waals surface area contributed by atoms with Gasteiger partial charge in [0.15, 0.2) is 0 Å². The first kappa shape index (κ1) is 23.8. The molecule has 1 unspecified atom stereocenters. The Balaban J connectivity index is 1.54. The molecule has 2 aliphatic heterocycles. The molecule has 9 heteroatoms. The van der Waals surface area contributed by atoms with E-state index in [2.05, 4.69) is 5.32 Å². The number of rotatable bonds is 5. The highest BCUT2D eigenvalue weighted by molar-refractivity contribution is 6.30. The van der Waals surface area contributed by atoms with Crippen LogP contribution in [0.4, 0.5) is 5.69 Å². The Hall–Kier alpha value is -3.39. The van der Waals surface area contributed by atoms with Crippen molar-refractivity contribution in [2.75, 3.05) is 25.0 Å². The highest BCUT2D eigenvalue weighted by Gasteiger charge is 2.41. The number of benzene rings is 2. The van der Waals surface area contributed by atoms with E-state index in [0.717, 1.165) is 11.1 Å². The summed E-state index contributed by atoms with van der Waals surface area (Å²) >= 11 is 5.98. The molecule has 0 spiro atoms. The number of nitrogens with one attached hydrogen (secondary N) is 1. The predicted molar refractivity (Wildman–Crippen MR) is 128 cm³/mol. The molecule has 1 fully saturated rings. The van der Waals surface area contributed by atoms with Crippen LogP contribution in [0.5, 0.6) is 0 Å². The van der Waals surface area contributed by atoms with Crippen molar-refractivity contribution >= 4 is 41.0 Å². The van der Waals surface area contributed by atoms with E-state index in [9.17, 15) is 19.2 Å². The van der Waals surface area contributed by atoms with E-state index in [1.165, 1.54) is 4.90 Å². The van der Waals surface area contributed by atoms with Crippen molar-refractivity contribution in [3.8, 4) is 11.1 Å². The van der Waals surface area contributed by atoms with Crippen molar-refractivity contribution < 1.29 is 24.3 Å². The number of halogens is 1. The molecule has 1 saturated heterocycles. The summed E-state index contributed by atoms with van der Waals surface area (Å²) in [7, 11) is 0. The number of hydrogen-bond donors (Lipinski definition) is 2. The van der Waals surface area contributed by atoms with Gasteiger partial charge >= 0.3 is 5.97 Å². The first-order valence-electron chi connectivity index (χ1n) is 11.1. The van der Waals surface area contributed by atoms with Gasteiger partial charge in [-0.15, -0.1) is 0 Å². The summed E-state index contributed by atoms with van der Waals surface area (Å²) in [4.78, 5) is 53.5. The van der Waals surface area contributed by atoms with Crippen LogP contribution in [0.25, 0.3) is 11.1 Å². The van der Waals surface area contributed by atoms with Gasteiger partial charge in [0.05, 0.1) is 24.2 Å². The number of hydrogen-bond acceptors (Lipinski definition) is 4. The van der Waals surface area contributed by atoms with E-state index in [4.69, 9.17) is 16.7 Å². The molecule has 3 amide bonds. The zero-order chi connectivity index (χ0) is 24.6. The second-order valence-corrected chi connectivity index (χ2v) is 9.96. The zero-order valence-corrected chi connectivity index (χ0v) is 19.8. The Labute approximate surface area is 202 Å². The third-order valence-corrected chi connectivity index (χ3v) is 6.49. The van der Waals surface area contributed by atoms with Gasteiger partial charge in [-0.25, -0.2) is 0 Å². The third kappa shape index (κ3) is 4.92. The molecule has 2 aliphatic rings. The molecule has 2 aromatic carbocycles. The van der Waals surface area contributed by atoms with Crippen LogP contribution in [-0.2, 0) is 14.4 Å². The van der Waals surface area contributed by atoms with Gasteiger partial charge in [-0.2, -0.15) is 0 Å². The molecule has 0 aromatic heterocycles. The Morgan fingerprint density at radius 1 is 1.06 bits per heavy atom. The molecule has 0 saturated carbocycles. The SMILES string of the molecule is CC(C)(CC(=O)O)CC(=O)N1CCN2C(=O)c3cc(-c4ccc(Cl)cc4)ccc3NC(=O)C2C1. The molecule has 0 aliphatic carbocycles. The average molecular weight is 484 g/mol. The summed E-state index contributed by atoms with van der Waals surface area (Å²) in [6.45, 7) is 4.02. The van der Waals surface area contributed by atoms with Crippen molar-refractivity contribution in [2.24, 2.45) is 5.41 Å². The second-order valence-electron chi connectivity index (χ2n) is 9.52. The van der Waals surface area contributed by atoms with Gasteiger partial charge in [0, 0.05) is 24.5 Å². The molecular formula is C25H26ClN3O5. The number of carbonyl (C=O) groups excluding carboxylic acids is 3. The van der Waals surface area contributed by atoms with E-state index < -0.39 is 17.4 Å². The molecule has 2 aromatic rings. The molecule has 1 atom stereocenters. The minimum atomic E-state index is -0.966. The van der Waals surface area contributed by atoms with Crippen LogP contribution in [0, 0.1) is 5.41 Å². The summed E-state index contributed by atoms with van der Waals surface area (Å²) in [5.74, 6) is -1.81. The number of nitrogens with zero attached hydrogens (tertiary/aromatic N) is 2. The maximum absolute atomic E-state index is 13.4. The van der Waals surface area contributed by atoms with Crippen molar-refractivity contribution in [2.45, 2.75) is 32.7 Å². The highest BCUT2D eigenvalue weighted by Crippen LogP contribution is 2.32. The first-order valence-corrected chi connectivity index (χ1v) is 11.4. The minimum Gasteiger partial charge on any atom is -0.481 e. The standard InChI is InChI=1S/C25H26ClN3O5/c1-25(2,13-22(31)32)12-21(30)28-9-10-29-20(14-28)23(33)27-19-8-5-16(11-18(19)24(29)34)15-3-6-17(26)7-4-15/h3-8,11,20H,9-10,12-14H2,1-2H3,(H,27,33)(H,31,32). The lowest BCUT2D eigenvalue weighted by atomic mass is 9.85. The summed E-state index contributed by atoms with van der Waals surface area (Å²) < 4.78 is 0. The molecular weight excluding hydrogens is 458 g/mol. The van der Waals surface area contributed by atoms with Crippen LogP contribution in [0.1, 0.15) is 37.0 Å². The molecule has 2 heterocycles. The fourth-order valence-electron chi connectivity index (χ4n) is 4.49. The van der Waals surface area contributed by atoms with Gasteiger partial charge in [-0.1, -0.05) is 43.6 Å². The Kier molecular flexibility index (Phi) is 6.36. The summed E-state index contributed by atoms with van der Waals surface area (Å²) in [6.07, 6.45) is -0.0847. The predicted octanol–water partition coefficient (Wildman–Crippen LogP) is 3.50. The van der Waals surface area contributed by atoms with E-state index in [1.54, 1.807) is 43.0 Å². The second kappa shape index (κ2) is 9.10. The third-order valence-electron chi connectivity index (χ3n) is 6.24. The van der Waals surface area contributed by atoms with Gasteiger partial charge in [-0.05, 0) is 40.8 Å². The fraction of sp³-hybridized carbons (Fsp3) is 0.360. The number of carboxylic acid groups (broad SMARTS) is 1. The van der Waals surface area contributed by atoms with E-state index in [-0.39, 0.29) is 50.2 Å². The lowest BCUT2D eigenvalue weighted by molar-refractivity contribution is -0.141. The van der Waals surface area contributed by atoms with Crippen molar-refractivity contribution in [1.29, 1.82) is 0 Å². The van der Waals surface area contributed by atoms with Crippen LogP contribution < -0.4 is 5.32 Å². The maximum Gasteiger partial charge on any atom is 0.303 e. The van der Waals surface area contributed by atoms with Gasteiger partial charge < -0.3 is 20.2 Å². The molecule has 2 N–H and O–H groups in total. The molecule has 8 nitrogen and oxygen atoms in total. The minimum absolute atomic E-state index is 0.0479. The number of carboxylic acids is 1. The number of amides is 3. The highest BCUT2D eigenvalue weighted by atomic mass is 35.5.